The molecule has 1 N–H and O–H groups in total. The molecule has 0 amide bonds. The maximum absolute atomic E-state index is 13.6. The first-order valence-corrected chi connectivity index (χ1v) is 5.10. The normalized spacial score (nSPS) is 12.2. The SMILES string of the molecule is CCc1cc(F)c(OC)c(C(C)C(=O)O)c1. The summed E-state index contributed by atoms with van der Waals surface area (Å²) in [5.74, 6) is -2.26. The van der Waals surface area contributed by atoms with Gasteiger partial charge in [0.2, 0.25) is 0 Å². The van der Waals surface area contributed by atoms with Crippen LogP contribution in [0.5, 0.6) is 5.75 Å². The molecule has 0 aliphatic carbocycles. The number of hydrogen-bond donors (Lipinski definition) is 1. The number of aryl methyl sites for hydroxylation is 1. The van der Waals surface area contributed by atoms with Crippen molar-refractivity contribution in [2.45, 2.75) is 26.2 Å². The number of carboxylic acids is 1. The second-order valence-electron chi connectivity index (χ2n) is 3.61. The van der Waals surface area contributed by atoms with Gasteiger partial charge in [0, 0.05) is 5.56 Å². The maximum atomic E-state index is 13.6. The fraction of sp³-hybridized carbons (Fsp3) is 0.417. The van der Waals surface area contributed by atoms with E-state index in [1.807, 2.05) is 6.92 Å². The number of hydrogen-bond acceptors (Lipinski definition) is 2. The first kappa shape index (κ1) is 12.5. The van der Waals surface area contributed by atoms with Crippen LogP contribution in [-0.2, 0) is 11.2 Å². The molecule has 0 radical (unpaired) electrons. The minimum absolute atomic E-state index is 0.0205. The number of carbonyl (C=O) groups is 1. The van der Waals surface area contributed by atoms with Crippen LogP contribution in [0.15, 0.2) is 12.1 Å². The van der Waals surface area contributed by atoms with Crippen molar-refractivity contribution >= 4 is 5.97 Å². The summed E-state index contributed by atoms with van der Waals surface area (Å²) in [5.41, 5.74) is 1.15. The average Bonchev–Trinajstić information content (AvgIpc) is 2.26. The summed E-state index contributed by atoms with van der Waals surface area (Å²) in [4.78, 5) is 10.9. The van der Waals surface area contributed by atoms with E-state index in [9.17, 15) is 9.18 Å². The van der Waals surface area contributed by atoms with E-state index in [-0.39, 0.29) is 5.75 Å². The van der Waals surface area contributed by atoms with Crippen LogP contribution in [0.1, 0.15) is 30.9 Å². The summed E-state index contributed by atoms with van der Waals surface area (Å²) in [5, 5.41) is 8.93. The molecule has 3 nitrogen and oxygen atoms in total. The fourth-order valence-electron chi connectivity index (χ4n) is 1.55. The zero-order valence-corrected chi connectivity index (χ0v) is 9.58. The van der Waals surface area contributed by atoms with Gasteiger partial charge in [-0.25, -0.2) is 4.39 Å². The van der Waals surface area contributed by atoms with Crippen molar-refractivity contribution in [3.63, 3.8) is 0 Å². The van der Waals surface area contributed by atoms with Crippen LogP contribution in [0, 0.1) is 5.82 Å². The van der Waals surface area contributed by atoms with Gasteiger partial charge >= 0.3 is 5.97 Å². The van der Waals surface area contributed by atoms with Gasteiger partial charge in [-0.3, -0.25) is 4.79 Å². The van der Waals surface area contributed by atoms with Crippen LogP contribution in [0.3, 0.4) is 0 Å². The first-order valence-electron chi connectivity index (χ1n) is 5.10. The van der Waals surface area contributed by atoms with Crippen molar-refractivity contribution in [1.82, 2.24) is 0 Å². The molecule has 0 aromatic heterocycles. The highest BCUT2D eigenvalue weighted by Crippen LogP contribution is 2.31. The minimum Gasteiger partial charge on any atom is -0.493 e. The third kappa shape index (κ3) is 2.32. The Morgan fingerprint density at radius 3 is 2.62 bits per heavy atom. The summed E-state index contributed by atoms with van der Waals surface area (Å²) >= 11 is 0. The predicted molar refractivity (Wildman–Crippen MR) is 58.4 cm³/mol. The van der Waals surface area contributed by atoms with Crippen LogP contribution in [0.25, 0.3) is 0 Å². The monoisotopic (exact) mass is 226 g/mol. The number of rotatable bonds is 4. The van der Waals surface area contributed by atoms with Crippen molar-refractivity contribution < 1.29 is 19.0 Å². The molecule has 0 bridgehead atoms. The van der Waals surface area contributed by atoms with Crippen LogP contribution < -0.4 is 4.74 Å². The topological polar surface area (TPSA) is 46.5 Å². The smallest absolute Gasteiger partial charge is 0.310 e. The Morgan fingerprint density at radius 2 is 2.19 bits per heavy atom. The van der Waals surface area contributed by atoms with Crippen molar-refractivity contribution in [1.29, 1.82) is 0 Å². The number of halogens is 1. The molecule has 1 rings (SSSR count). The molecule has 0 saturated carbocycles. The van der Waals surface area contributed by atoms with Gasteiger partial charge in [-0.2, -0.15) is 0 Å². The molecule has 0 saturated heterocycles. The minimum atomic E-state index is -0.994. The number of aliphatic carboxylic acids is 1. The van der Waals surface area contributed by atoms with Crippen LogP contribution in [0.2, 0.25) is 0 Å². The Labute approximate surface area is 93.9 Å². The summed E-state index contributed by atoms with van der Waals surface area (Å²) in [6, 6.07) is 3.05. The lowest BCUT2D eigenvalue weighted by Gasteiger charge is -2.14. The molecular weight excluding hydrogens is 211 g/mol. The van der Waals surface area contributed by atoms with E-state index in [2.05, 4.69) is 0 Å². The molecule has 0 heterocycles. The van der Waals surface area contributed by atoms with Crippen molar-refractivity contribution in [2.24, 2.45) is 0 Å². The van der Waals surface area contributed by atoms with E-state index in [0.29, 0.717) is 12.0 Å². The molecule has 0 aliphatic heterocycles. The van der Waals surface area contributed by atoms with E-state index in [4.69, 9.17) is 9.84 Å². The molecule has 1 aromatic rings. The van der Waals surface area contributed by atoms with Gasteiger partial charge in [0.15, 0.2) is 11.6 Å². The summed E-state index contributed by atoms with van der Waals surface area (Å²) in [7, 11) is 1.34. The molecule has 0 fully saturated rings. The van der Waals surface area contributed by atoms with E-state index in [1.54, 1.807) is 6.07 Å². The lowest BCUT2D eigenvalue weighted by molar-refractivity contribution is -0.138. The third-order valence-corrected chi connectivity index (χ3v) is 2.58. The van der Waals surface area contributed by atoms with E-state index in [1.165, 1.54) is 20.1 Å². The van der Waals surface area contributed by atoms with Crippen LogP contribution in [-0.4, -0.2) is 18.2 Å². The molecule has 16 heavy (non-hydrogen) atoms. The first-order chi connectivity index (χ1) is 7.51. The maximum Gasteiger partial charge on any atom is 0.310 e. The molecule has 0 spiro atoms. The number of ether oxygens (including phenoxy) is 1. The van der Waals surface area contributed by atoms with Crippen molar-refractivity contribution in [2.75, 3.05) is 7.11 Å². The van der Waals surface area contributed by atoms with Gasteiger partial charge in [0.05, 0.1) is 13.0 Å². The molecule has 1 atom stereocenters. The summed E-state index contributed by atoms with van der Waals surface area (Å²) < 4.78 is 18.5. The second kappa shape index (κ2) is 4.96. The number of methoxy groups -OCH3 is 1. The van der Waals surface area contributed by atoms with Gasteiger partial charge in [0.25, 0.3) is 0 Å². The lowest BCUT2D eigenvalue weighted by Crippen LogP contribution is -2.10. The van der Waals surface area contributed by atoms with E-state index in [0.717, 1.165) is 5.56 Å². The quantitative estimate of drug-likeness (QED) is 0.858. The van der Waals surface area contributed by atoms with Crippen molar-refractivity contribution in [3.05, 3.63) is 29.1 Å². The van der Waals surface area contributed by atoms with Gasteiger partial charge in [-0.15, -0.1) is 0 Å². The Kier molecular flexibility index (Phi) is 3.88. The molecule has 4 heteroatoms. The fourth-order valence-corrected chi connectivity index (χ4v) is 1.55. The molecule has 1 aromatic carbocycles. The van der Waals surface area contributed by atoms with Gasteiger partial charge in [-0.1, -0.05) is 13.0 Å². The zero-order chi connectivity index (χ0) is 12.3. The second-order valence-corrected chi connectivity index (χ2v) is 3.61. The lowest BCUT2D eigenvalue weighted by atomic mass is 9.97. The number of benzene rings is 1. The number of carboxylic acid groups (broad SMARTS) is 1. The Balaban J connectivity index is 3.33. The average molecular weight is 226 g/mol. The van der Waals surface area contributed by atoms with Gasteiger partial charge in [0.1, 0.15) is 0 Å². The highest BCUT2D eigenvalue weighted by molar-refractivity contribution is 5.76. The van der Waals surface area contributed by atoms with Gasteiger partial charge in [-0.05, 0) is 25.0 Å². The Bertz CT molecular complexity index is 401. The molecule has 1 unspecified atom stereocenters. The predicted octanol–water partition coefficient (Wildman–Crippen LogP) is 2.58. The van der Waals surface area contributed by atoms with E-state index >= 15 is 0 Å². The van der Waals surface area contributed by atoms with Crippen molar-refractivity contribution in [3.8, 4) is 5.75 Å². The Hall–Kier alpha value is -1.58. The van der Waals surface area contributed by atoms with E-state index < -0.39 is 17.7 Å². The van der Waals surface area contributed by atoms with Gasteiger partial charge < -0.3 is 9.84 Å². The third-order valence-electron chi connectivity index (χ3n) is 2.58. The molecule has 0 aliphatic rings. The standard InChI is InChI=1S/C12H15FO3/c1-4-8-5-9(7(2)12(14)15)11(16-3)10(13)6-8/h5-7H,4H2,1-3H3,(H,14,15). The highest BCUT2D eigenvalue weighted by Gasteiger charge is 2.21. The highest BCUT2D eigenvalue weighted by atomic mass is 19.1. The largest absolute Gasteiger partial charge is 0.493 e. The zero-order valence-electron chi connectivity index (χ0n) is 9.58. The summed E-state index contributed by atoms with van der Waals surface area (Å²) in [6.07, 6.45) is 0.653. The van der Waals surface area contributed by atoms with Crippen LogP contribution >= 0.6 is 0 Å². The molecule has 88 valence electrons. The van der Waals surface area contributed by atoms with Crippen LogP contribution in [0.4, 0.5) is 4.39 Å². The summed E-state index contributed by atoms with van der Waals surface area (Å²) in [6.45, 7) is 3.40. The molecular formula is C12H15FO3. The Morgan fingerprint density at radius 1 is 1.56 bits per heavy atom.